The zero-order chi connectivity index (χ0) is 20.1. The standard InChI is InChI=1S/C12H14BrN3O3.C2HF3O2/c1-6-10(13)9(2-3-14-6)16-12(19)15-8-4-7(5-8)11(17)18;3-2(4,5)1(6)7/h2-3,7-8H,4-5H2,1H3,(H,17,18)(H2,14,15,16,19);(H,6,7). The van der Waals surface area contributed by atoms with E-state index in [1.54, 1.807) is 12.3 Å². The van der Waals surface area contributed by atoms with Gasteiger partial charge < -0.3 is 20.8 Å². The Labute approximate surface area is 153 Å². The van der Waals surface area contributed by atoms with E-state index in [2.05, 4.69) is 31.5 Å². The van der Waals surface area contributed by atoms with Crippen LogP contribution in [0.5, 0.6) is 0 Å². The molecule has 1 aliphatic rings. The lowest BCUT2D eigenvalue weighted by Crippen LogP contribution is -2.48. The number of alkyl halides is 3. The summed E-state index contributed by atoms with van der Waals surface area (Å²) in [5.74, 6) is -3.89. The summed E-state index contributed by atoms with van der Waals surface area (Å²) in [6, 6.07) is 1.29. The molecule has 0 atom stereocenters. The Morgan fingerprint density at radius 1 is 1.27 bits per heavy atom. The molecule has 26 heavy (non-hydrogen) atoms. The topological polar surface area (TPSA) is 129 Å². The van der Waals surface area contributed by atoms with E-state index in [4.69, 9.17) is 15.0 Å². The van der Waals surface area contributed by atoms with Gasteiger partial charge in [-0.1, -0.05) is 0 Å². The maximum absolute atomic E-state index is 11.7. The molecular formula is C14H15BrF3N3O5. The molecule has 0 saturated heterocycles. The quantitative estimate of drug-likeness (QED) is 0.570. The van der Waals surface area contributed by atoms with Crippen molar-refractivity contribution in [2.45, 2.75) is 32.0 Å². The second kappa shape index (κ2) is 8.83. The summed E-state index contributed by atoms with van der Waals surface area (Å²) in [6.07, 6.45) is -2.50. The van der Waals surface area contributed by atoms with Crippen LogP contribution in [0.1, 0.15) is 18.5 Å². The highest BCUT2D eigenvalue weighted by molar-refractivity contribution is 9.10. The molecular weight excluding hydrogens is 427 g/mol. The summed E-state index contributed by atoms with van der Waals surface area (Å²) >= 11 is 3.35. The van der Waals surface area contributed by atoms with Gasteiger partial charge in [-0.3, -0.25) is 9.78 Å². The van der Waals surface area contributed by atoms with Gasteiger partial charge in [-0.25, -0.2) is 9.59 Å². The predicted octanol–water partition coefficient (Wildman–Crippen LogP) is 2.77. The second-order valence-electron chi connectivity index (χ2n) is 5.36. The van der Waals surface area contributed by atoms with Crippen molar-refractivity contribution < 1.29 is 37.8 Å². The number of anilines is 1. The van der Waals surface area contributed by atoms with Crippen LogP contribution in [0, 0.1) is 12.8 Å². The van der Waals surface area contributed by atoms with Gasteiger partial charge in [0.25, 0.3) is 0 Å². The normalized spacial score (nSPS) is 18.7. The molecule has 1 fully saturated rings. The number of rotatable bonds is 3. The number of nitrogens with zero attached hydrogens (tertiary/aromatic N) is 1. The fourth-order valence-corrected chi connectivity index (χ4v) is 2.26. The fraction of sp³-hybridized carbons (Fsp3) is 0.429. The molecule has 8 nitrogen and oxygen atoms in total. The molecule has 4 N–H and O–H groups in total. The zero-order valence-corrected chi connectivity index (χ0v) is 14.9. The van der Waals surface area contributed by atoms with E-state index in [0.29, 0.717) is 18.5 Å². The van der Waals surface area contributed by atoms with Crippen molar-refractivity contribution in [3.8, 4) is 0 Å². The van der Waals surface area contributed by atoms with Crippen molar-refractivity contribution in [2.24, 2.45) is 5.92 Å². The smallest absolute Gasteiger partial charge is 0.481 e. The Balaban J connectivity index is 0.000000412. The number of carboxylic acids is 2. The van der Waals surface area contributed by atoms with Crippen LogP contribution in [0.2, 0.25) is 0 Å². The van der Waals surface area contributed by atoms with Crippen LogP contribution in [-0.2, 0) is 9.59 Å². The Morgan fingerprint density at radius 2 is 1.81 bits per heavy atom. The largest absolute Gasteiger partial charge is 0.490 e. The minimum atomic E-state index is -5.08. The third-order valence-corrected chi connectivity index (χ3v) is 4.38. The first-order valence-corrected chi connectivity index (χ1v) is 7.92. The highest BCUT2D eigenvalue weighted by Gasteiger charge is 2.38. The van der Waals surface area contributed by atoms with Crippen molar-refractivity contribution in [1.82, 2.24) is 10.3 Å². The summed E-state index contributed by atoms with van der Waals surface area (Å²) in [5, 5.41) is 21.3. The number of nitrogens with one attached hydrogen (secondary N) is 2. The fourth-order valence-electron chi connectivity index (χ4n) is 1.93. The van der Waals surface area contributed by atoms with Crippen LogP contribution >= 0.6 is 15.9 Å². The lowest BCUT2D eigenvalue weighted by Gasteiger charge is -2.32. The number of carbonyl (C=O) groups excluding carboxylic acids is 1. The average molecular weight is 442 g/mol. The van der Waals surface area contributed by atoms with Gasteiger partial charge in [-0.2, -0.15) is 13.2 Å². The molecule has 1 saturated carbocycles. The van der Waals surface area contributed by atoms with E-state index in [1.165, 1.54) is 0 Å². The highest BCUT2D eigenvalue weighted by Crippen LogP contribution is 2.28. The molecule has 0 unspecified atom stereocenters. The second-order valence-corrected chi connectivity index (χ2v) is 6.16. The zero-order valence-electron chi connectivity index (χ0n) is 13.3. The number of hydrogen-bond acceptors (Lipinski definition) is 4. The molecule has 12 heteroatoms. The average Bonchev–Trinajstić information content (AvgIpc) is 2.46. The van der Waals surface area contributed by atoms with Gasteiger partial charge in [0.15, 0.2) is 0 Å². The van der Waals surface area contributed by atoms with Crippen LogP contribution < -0.4 is 10.6 Å². The van der Waals surface area contributed by atoms with E-state index in [9.17, 15) is 22.8 Å². The minimum absolute atomic E-state index is 0.0668. The summed E-state index contributed by atoms with van der Waals surface area (Å²) in [7, 11) is 0. The number of carboxylic acid groups (broad SMARTS) is 2. The molecule has 1 aromatic heterocycles. The maximum Gasteiger partial charge on any atom is 0.490 e. The molecule has 2 amide bonds. The number of pyridine rings is 1. The van der Waals surface area contributed by atoms with Gasteiger partial charge in [-0.05, 0) is 41.8 Å². The number of hydrogen-bond donors (Lipinski definition) is 4. The van der Waals surface area contributed by atoms with Crippen molar-refractivity contribution in [2.75, 3.05) is 5.32 Å². The predicted molar refractivity (Wildman–Crippen MR) is 86.7 cm³/mol. The van der Waals surface area contributed by atoms with Gasteiger partial charge in [0.1, 0.15) is 0 Å². The number of aliphatic carboxylic acids is 2. The third-order valence-electron chi connectivity index (χ3n) is 3.38. The van der Waals surface area contributed by atoms with E-state index in [-0.39, 0.29) is 18.0 Å². The Kier molecular flexibility index (Phi) is 7.36. The third kappa shape index (κ3) is 6.50. The molecule has 2 rings (SSSR count). The van der Waals surface area contributed by atoms with Crippen LogP contribution in [0.25, 0.3) is 0 Å². The Morgan fingerprint density at radius 3 is 2.27 bits per heavy atom. The summed E-state index contributed by atoms with van der Waals surface area (Å²) in [6.45, 7) is 1.83. The maximum atomic E-state index is 11.7. The number of aryl methyl sites for hydroxylation is 1. The highest BCUT2D eigenvalue weighted by atomic mass is 79.9. The molecule has 1 aliphatic carbocycles. The molecule has 0 aliphatic heterocycles. The van der Waals surface area contributed by atoms with Crippen molar-refractivity contribution in [1.29, 1.82) is 0 Å². The van der Waals surface area contributed by atoms with Crippen LogP contribution in [0.4, 0.5) is 23.7 Å². The van der Waals surface area contributed by atoms with Crippen LogP contribution in [0.15, 0.2) is 16.7 Å². The molecule has 1 heterocycles. The summed E-state index contributed by atoms with van der Waals surface area (Å²) in [4.78, 5) is 35.4. The first kappa shape index (κ1) is 21.7. The van der Waals surface area contributed by atoms with Gasteiger partial charge in [0, 0.05) is 12.2 Å². The monoisotopic (exact) mass is 441 g/mol. The van der Waals surface area contributed by atoms with E-state index < -0.39 is 18.1 Å². The minimum Gasteiger partial charge on any atom is -0.481 e. The van der Waals surface area contributed by atoms with Crippen molar-refractivity contribution in [3.05, 3.63) is 22.4 Å². The lowest BCUT2D eigenvalue weighted by molar-refractivity contribution is -0.192. The van der Waals surface area contributed by atoms with Gasteiger partial charge in [0.2, 0.25) is 0 Å². The van der Waals surface area contributed by atoms with Gasteiger partial charge in [-0.15, -0.1) is 0 Å². The lowest BCUT2D eigenvalue weighted by atomic mass is 9.80. The first-order chi connectivity index (χ1) is 11.9. The molecule has 144 valence electrons. The Hall–Kier alpha value is -2.37. The molecule has 0 spiro atoms. The SMILES string of the molecule is Cc1nccc(NC(=O)NC2CC(C(=O)O)C2)c1Br.O=C(O)C(F)(F)F. The molecule has 0 bridgehead atoms. The number of halogens is 4. The molecule has 0 radical (unpaired) electrons. The number of amides is 2. The van der Waals surface area contributed by atoms with E-state index >= 15 is 0 Å². The first-order valence-electron chi connectivity index (χ1n) is 7.13. The van der Waals surface area contributed by atoms with Gasteiger partial charge in [0.05, 0.1) is 21.8 Å². The summed E-state index contributed by atoms with van der Waals surface area (Å²) < 4.78 is 32.5. The number of urea groups is 1. The summed E-state index contributed by atoms with van der Waals surface area (Å²) in [5.41, 5.74) is 1.42. The molecule has 0 aromatic carbocycles. The number of carbonyl (C=O) groups is 3. The van der Waals surface area contributed by atoms with E-state index in [1.807, 2.05) is 6.92 Å². The van der Waals surface area contributed by atoms with Crippen molar-refractivity contribution >= 4 is 39.6 Å². The van der Waals surface area contributed by atoms with Crippen LogP contribution in [-0.4, -0.2) is 45.4 Å². The van der Waals surface area contributed by atoms with Gasteiger partial charge >= 0.3 is 24.1 Å². The van der Waals surface area contributed by atoms with Crippen molar-refractivity contribution in [3.63, 3.8) is 0 Å². The Bertz CT molecular complexity index is 693. The van der Waals surface area contributed by atoms with Crippen LogP contribution in [0.3, 0.4) is 0 Å². The van der Waals surface area contributed by atoms with E-state index in [0.717, 1.165) is 10.2 Å². The molecule has 1 aromatic rings. The number of aromatic nitrogens is 1.